The van der Waals surface area contributed by atoms with Crippen molar-refractivity contribution < 1.29 is 19.1 Å². The number of ether oxygens (including phenoxy) is 1. The second-order valence-corrected chi connectivity index (χ2v) is 6.36. The Morgan fingerprint density at radius 3 is 2.45 bits per heavy atom. The first-order valence-corrected chi connectivity index (χ1v) is 8.03. The summed E-state index contributed by atoms with van der Waals surface area (Å²) in [5, 5.41) is 2.58. The van der Waals surface area contributed by atoms with E-state index < -0.39 is 12.3 Å². The monoisotopic (exact) mass is 306 g/mol. The molecular formula is C16H22N2O4. The Morgan fingerprint density at radius 1 is 1.32 bits per heavy atom. The van der Waals surface area contributed by atoms with Crippen LogP contribution in [0.5, 0.6) is 0 Å². The first-order chi connectivity index (χ1) is 10.5. The minimum Gasteiger partial charge on any atom is -0.450 e. The highest BCUT2D eigenvalue weighted by Crippen LogP contribution is 2.52. The molecule has 0 radical (unpaired) electrons. The first-order valence-electron chi connectivity index (χ1n) is 8.03. The second kappa shape index (κ2) is 5.74. The Hall–Kier alpha value is -1.85. The normalized spacial score (nSPS) is 33.3. The zero-order valence-electron chi connectivity index (χ0n) is 13.0. The summed E-state index contributed by atoms with van der Waals surface area (Å²) in [7, 11) is 0. The third-order valence-corrected chi connectivity index (χ3v) is 4.95. The average Bonchev–Trinajstić information content (AvgIpc) is 3.13. The highest BCUT2D eigenvalue weighted by molar-refractivity contribution is 6.06. The number of nitrogens with zero attached hydrogens (tertiary/aromatic N) is 1. The van der Waals surface area contributed by atoms with E-state index in [-0.39, 0.29) is 35.5 Å². The lowest BCUT2D eigenvalue weighted by molar-refractivity contribution is -0.143. The number of imide groups is 1. The molecule has 0 aromatic carbocycles. The van der Waals surface area contributed by atoms with Crippen molar-refractivity contribution in [2.24, 2.45) is 23.7 Å². The lowest BCUT2D eigenvalue weighted by Gasteiger charge is -2.25. The van der Waals surface area contributed by atoms with Crippen molar-refractivity contribution in [1.82, 2.24) is 10.2 Å². The predicted molar refractivity (Wildman–Crippen MR) is 78.4 cm³/mol. The molecule has 22 heavy (non-hydrogen) atoms. The second-order valence-electron chi connectivity index (χ2n) is 6.36. The minimum atomic E-state index is -0.667. The Kier molecular flexibility index (Phi) is 3.93. The van der Waals surface area contributed by atoms with Gasteiger partial charge in [0.05, 0.1) is 18.4 Å². The lowest BCUT2D eigenvalue weighted by atomic mass is 9.85. The van der Waals surface area contributed by atoms with Crippen LogP contribution in [0.15, 0.2) is 12.2 Å². The number of carbonyl (C=O) groups is 3. The summed E-state index contributed by atoms with van der Waals surface area (Å²) in [5.41, 5.74) is 0. The number of alkyl carbamates (subject to hydrolysis) is 1. The van der Waals surface area contributed by atoms with Gasteiger partial charge >= 0.3 is 6.09 Å². The zero-order chi connectivity index (χ0) is 15.9. The molecule has 120 valence electrons. The molecule has 0 aromatic rings. The van der Waals surface area contributed by atoms with E-state index in [0.29, 0.717) is 6.61 Å². The number of fused-ring (bicyclic) bond motifs is 5. The van der Waals surface area contributed by atoms with Gasteiger partial charge in [-0.2, -0.15) is 0 Å². The minimum absolute atomic E-state index is 0.159. The third-order valence-electron chi connectivity index (χ3n) is 4.95. The van der Waals surface area contributed by atoms with E-state index in [4.69, 9.17) is 4.74 Å². The average molecular weight is 306 g/mol. The van der Waals surface area contributed by atoms with Crippen molar-refractivity contribution in [2.45, 2.75) is 39.3 Å². The van der Waals surface area contributed by atoms with E-state index in [0.717, 1.165) is 19.3 Å². The summed E-state index contributed by atoms with van der Waals surface area (Å²) >= 11 is 0. The van der Waals surface area contributed by atoms with Gasteiger partial charge in [-0.05, 0) is 31.6 Å². The standard InChI is InChI=1S/C16H22N2O4/c1-3-4-7-22-16(21)17-9(2)18-14(19)12-10-5-6-11(8-10)13(12)15(18)20/h5-6,9-13H,3-4,7-8H2,1-2H3,(H,17,21). The van der Waals surface area contributed by atoms with Gasteiger partial charge in [0, 0.05) is 0 Å². The molecule has 2 aliphatic carbocycles. The van der Waals surface area contributed by atoms with E-state index in [1.807, 2.05) is 6.92 Å². The molecule has 1 saturated carbocycles. The highest BCUT2D eigenvalue weighted by atomic mass is 16.5. The maximum absolute atomic E-state index is 12.5. The van der Waals surface area contributed by atoms with Gasteiger partial charge in [0.15, 0.2) is 0 Å². The van der Waals surface area contributed by atoms with Crippen LogP contribution in [0.3, 0.4) is 0 Å². The Morgan fingerprint density at radius 2 is 1.91 bits per heavy atom. The molecule has 5 unspecified atom stereocenters. The smallest absolute Gasteiger partial charge is 0.408 e. The summed E-state index contributed by atoms with van der Waals surface area (Å²) in [5.74, 6) is -0.424. The number of nitrogens with one attached hydrogen (secondary N) is 1. The molecule has 1 saturated heterocycles. The molecule has 2 bridgehead atoms. The zero-order valence-corrected chi connectivity index (χ0v) is 13.0. The van der Waals surface area contributed by atoms with Gasteiger partial charge in [0.1, 0.15) is 6.17 Å². The maximum atomic E-state index is 12.5. The van der Waals surface area contributed by atoms with Crippen molar-refractivity contribution in [2.75, 3.05) is 6.61 Å². The quantitative estimate of drug-likeness (QED) is 0.476. The molecule has 1 aliphatic heterocycles. The van der Waals surface area contributed by atoms with Crippen molar-refractivity contribution in [3.05, 3.63) is 12.2 Å². The van der Waals surface area contributed by atoms with E-state index in [2.05, 4.69) is 17.5 Å². The maximum Gasteiger partial charge on any atom is 0.408 e. The van der Waals surface area contributed by atoms with Crippen molar-refractivity contribution in [3.63, 3.8) is 0 Å². The van der Waals surface area contributed by atoms with Crippen LogP contribution in [0, 0.1) is 23.7 Å². The van der Waals surface area contributed by atoms with Crippen LogP contribution in [0.2, 0.25) is 0 Å². The molecule has 6 heteroatoms. The number of unbranched alkanes of at least 4 members (excludes halogenated alkanes) is 1. The van der Waals surface area contributed by atoms with E-state index in [1.165, 1.54) is 4.90 Å². The van der Waals surface area contributed by atoms with Crippen LogP contribution in [-0.2, 0) is 14.3 Å². The van der Waals surface area contributed by atoms with Crippen LogP contribution < -0.4 is 5.32 Å². The Bertz CT molecular complexity index is 500. The number of hydrogen-bond donors (Lipinski definition) is 1. The van der Waals surface area contributed by atoms with Crippen molar-refractivity contribution >= 4 is 17.9 Å². The highest BCUT2D eigenvalue weighted by Gasteiger charge is 2.60. The van der Waals surface area contributed by atoms with Crippen LogP contribution in [0.25, 0.3) is 0 Å². The largest absolute Gasteiger partial charge is 0.450 e. The number of carbonyl (C=O) groups excluding carboxylic acids is 3. The summed E-state index contributed by atoms with van der Waals surface area (Å²) in [6.07, 6.45) is 5.49. The Balaban J connectivity index is 1.62. The molecular weight excluding hydrogens is 284 g/mol. The molecule has 5 atom stereocenters. The van der Waals surface area contributed by atoms with Crippen LogP contribution in [0.4, 0.5) is 4.79 Å². The van der Waals surface area contributed by atoms with E-state index >= 15 is 0 Å². The van der Waals surface area contributed by atoms with Crippen LogP contribution in [-0.4, -0.2) is 35.6 Å². The molecule has 6 nitrogen and oxygen atoms in total. The van der Waals surface area contributed by atoms with E-state index in [9.17, 15) is 14.4 Å². The Labute approximate surface area is 129 Å². The lowest BCUT2D eigenvalue weighted by Crippen LogP contribution is -2.50. The SMILES string of the molecule is CCCCOC(=O)NC(C)N1C(=O)C2C3C=CC(C3)C2C1=O. The number of allylic oxidation sites excluding steroid dienone is 2. The molecule has 0 aromatic heterocycles. The third kappa shape index (κ3) is 2.30. The van der Waals surface area contributed by atoms with Crippen LogP contribution >= 0.6 is 0 Å². The fraction of sp³-hybridized carbons (Fsp3) is 0.688. The van der Waals surface area contributed by atoms with Crippen molar-refractivity contribution in [1.29, 1.82) is 0 Å². The fourth-order valence-electron chi connectivity index (χ4n) is 3.89. The van der Waals surface area contributed by atoms with Gasteiger partial charge in [-0.15, -0.1) is 0 Å². The summed E-state index contributed by atoms with van der Waals surface area (Å²) in [6, 6.07) is 0. The van der Waals surface area contributed by atoms with Gasteiger partial charge in [-0.3, -0.25) is 14.5 Å². The topological polar surface area (TPSA) is 75.7 Å². The number of amides is 3. The summed E-state index contributed by atoms with van der Waals surface area (Å²) < 4.78 is 5.02. The van der Waals surface area contributed by atoms with Gasteiger partial charge in [0.25, 0.3) is 0 Å². The molecule has 1 N–H and O–H groups in total. The number of likely N-dealkylation sites (tertiary alicyclic amines) is 1. The molecule has 3 amide bonds. The fourth-order valence-corrected chi connectivity index (χ4v) is 3.89. The van der Waals surface area contributed by atoms with Crippen LogP contribution in [0.1, 0.15) is 33.1 Å². The first kappa shape index (κ1) is 15.1. The number of rotatable bonds is 5. The van der Waals surface area contributed by atoms with Gasteiger partial charge in [0.2, 0.25) is 11.8 Å². The van der Waals surface area contributed by atoms with Gasteiger partial charge < -0.3 is 10.1 Å². The predicted octanol–water partition coefficient (Wildman–Crippen LogP) is 1.67. The van der Waals surface area contributed by atoms with Gasteiger partial charge in [-0.1, -0.05) is 25.5 Å². The molecule has 2 fully saturated rings. The van der Waals surface area contributed by atoms with E-state index in [1.54, 1.807) is 6.92 Å². The molecule has 0 spiro atoms. The van der Waals surface area contributed by atoms with Crippen molar-refractivity contribution in [3.8, 4) is 0 Å². The summed E-state index contributed by atoms with van der Waals surface area (Å²) in [4.78, 5) is 38.0. The van der Waals surface area contributed by atoms with Gasteiger partial charge in [-0.25, -0.2) is 4.79 Å². The molecule has 1 heterocycles. The number of hydrogen-bond acceptors (Lipinski definition) is 4. The summed E-state index contributed by atoms with van der Waals surface area (Å²) in [6.45, 7) is 4.00. The molecule has 3 aliphatic rings. The molecule has 3 rings (SSSR count).